The van der Waals surface area contributed by atoms with E-state index in [0.29, 0.717) is 35.7 Å². The molecule has 2 amide bonds. The summed E-state index contributed by atoms with van der Waals surface area (Å²) in [5.74, 6) is -0.507. The normalized spacial score (nSPS) is 11.2. The number of hydrogen-bond donors (Lipinski definition) is 3. The van der Waals surface area contributed by atoms with Crippen molar-refractivity contribution in [3.05, 3.63) is 83.9 Å². The van der Waals surface area contributed by atoms with Gasteiger partial charge in [-0.25, -0.2) is 8.42 Å². The molecule has 3 aromatic rings. The molecule has 0 heterocycles. The van der Waals surface area contributed by atoms with Crippen molar-refractivity contribution in [2.45, 2.75) is 25.7 Å². The van der Waals surface area contributed by atoms with Crippen LogP contribution in [0.1, 0.15) is 29.8 Å². The maximum atomic E-state index is 12.6. The number of aryl methyl sites for hydroxylation is 1. The highest BCUT2D eigenvalue weighted by atomic mass is 32.2. The Morgan fingerprint density at radius 1 is 0.829 bits per heavy atom. The number of nitrogens with zero attached hydrogens (tertiary/aromatic N) is 1. The largest absolute Gasteiger partial charge is 0.376 e. The molecule has 0 bridgehead atoms. The molecule has 0 aliphatic carbocycles. The van der Waals surface area contributed by atoms with Crippen molar-refractivity contribution in [1.29, 1.82) is 0 Å². The topological polar surface area (TPSA) is 108 Å². The van der Waals surface area contributed by atoms with Gasteiger partial charge in [0.2, 0.25) is 15.9 Å². The lowest BCUT2D eigenvalue weighted by Crippen LogP contribution is -2.30. The molecule has 0 unspecified atom stereocenters. The third-order valence-electron chi connectivity index (χ3n) is 5.45. The molecular weight excluding hydrogens is 464 g/mol. The number of nitrogens with one attached hydrogen (secondary N) is 3. The second-order valence-corrected chi connectivity index (χ2v) is 9.80. The predicted octanol–water partition coefficient (Wildman–Crippen LogP) is 4.33. The van der Waals surface area contributed by atoms with Crippen LogP contribution in [0.2, 0.25) is 0 Å². The van der Waals surface area contributed by atoms with Crippen molar-refractivity contribution in [2.75, 3.05) is 35.6 Å². The average molecular weight is 495 g/mol. The number of rotatable bonds is 10. The lowest BCUT2D eigenvalue weighted by atomic mass is 10.1. The maximum Gasteiger partial charge on any atom is 0.255 e. The van der Waals surface area contributed by atoms with Gasteiger partial charge in [-0.2, -0.15) is 4.31 Å². The highest BCUT2D eigenvalue weighted by Crippen LogP contribution is 2.21. The van der Waals surface area contributed by atoms with E-state index in [4.69, 9.17) is 0 Å². The van der Waals surface area contributed by atoms with Gasteiger partial charge in [0.25, 0.3) is 5.91 Å². The first-order chi connectivity index (χ1) is 16.7. The lowest BCUT2D eigenvalue weighted by Gasteiger charge is -2.18. The van der Waals surface area contributed by atoms with E-state index in [1.54, 1.807) is 62.4 Å². The van der Waals surface area contributed by atoms with Crippen LogP contribution in [-0.4, -0.2) is 44.2 Å². The molecule has 35 heavy (non-hydrogen) atoms. The van der Waals surface area contributed by atoms with Crippen molar-refractivity contribution >= 4 is 38.9 Å². The fourth-order valence-corrected chi connectivity index (χ4v) is 4.94. The summed E-state index contributed by atoms with van der Waals surface area (Å²) in [6.07, 6.45) is 0. The second-order valence-electron chi connectivity index (χ2n) is 7.87. The second kappa shape index (κ2) is 11.6. The lowest BCUT2D eigenvalue weighted by molar-refractivity contribution is -0.114. The van der Waals surface area contributed by atoms with E-state index < -0.39 is 10.0 Å². The number of carbonyl (C=O) groups excluding carboxylic acids is 2. The highest BCUT2D eigenvalue weighted by molar-refractivity contribution is 7.89. The van der Waals surface area contributed by atoms with E-state index >= 15 is 0 Å². The zero-order valence-corrected chi connectivity index (χ0v) is 20.9. The van der Waals surface area contributed by atoms with Gasteiger partial charge in [-0.05, 0) is 61.0 Å². The Bertz CT molecular complexity index is 1270. The summed E-state index contributed by atoms with van der Waals surface area (Å²) in [5.41, 5.74) is 3.29. The van der Waals surface area contributed by atoms with Gasteiger partial charge in [0.15, 0.2) is 0 Å². The highest BCUT2D eigenvalue weighted by Gasteiger charge is 2.21. The molecule has 0 spiro atoms. The Kier molecular flexibility index (Phi) is 8.62. The molecule has 0 saturated heterocycles. The van der Waals surface area contributed by atoms with Gasteiger partial charge >= 0.3 is 0 Å². The van der Waals surface area contributed by atoms with Gasteiger partial charge in [0.05, 0.1) is 11.4 Å². The standard InChI is InChI=1S/C26H30N4O4S/c1-4-30(5-2)35(33,34)23-15-13-21(14-16-23)28-25(31)18-27-24-17-22(12-11-19(24)3)29-26(32)20-9-7-6-8-10-20/h6-17,27H,4-5,18H2,1-3H3,(H,28,31)(H,29,32). The van der Waals surface area contributed by atoms with Crippen LogP contribution in [-0.2, 0) is 14.8 Å². The van der Waals surface area contributed by atoms with Crippen molar-refractivity contribution in [3.63, 3.8) is 0 Å². The van der Waals surface area contributed by atoms with Crippen molar-refractivity contribution in [3.8, 4) is 0 Å². The number of hydrogen-bond acceptors (Lipinski definition) is 5. The molecular formula is C26H30N4O4S. The SMILES string of the molecule is CCN(CC)S(=O)(=O)c1ccc(NC(=O)CNc2cc(NC(=O)c3ccccc3)ccc2C)cc1. The Labute approximate surface area is 206 Å². The first-order valence-corrected chi connectivity index (χ1v) is 12.8. The van der Waals surface area contributed by atoms with Crippen molar-refractivity contribution in [2.24, 2.45) is 0 Å². The maximum absolute atomic E-state index is 12.6. The summed E-state index contributed by atoms with van der Waals surface area (Å²) in [6.45, 7) is 6.25. The minimum absolute atomic E-state index is 0.00355. The zero-order chi connectivity index (χ0) is 25.4. The molecule has 3 rings (SSSR count). The summed E-state index contributed by atoms with van der Waals surface area (Å²) >= 11 is 0. The summed E-state index contributed by atoms with van der Waals surface area (Å²) in [6, 6.07) is 20.5. The third-order valence-corrected chi connectivity index (χ3v) is 7.52. The van der Waals surface area contributed by atoms with E-state index in [9.17, 15) is 18.0 Å². The number of anilines is 3. The monoisotopic (exact) mass is 494 g/mol. The Morgan fingerprint density at radius 3 is 2.09 bits per heavy atom. The molecule has 0 aliphatic heterocycles. The molecule has 0 radical (unpaired) electrons. The molecule has 0 atom stereocenters. The van der Waals surface area contributed by atoms with Gasteiger partial charge in [0, 0.05) is 35.7 Å². The molecule has 0 saturated carbocycles. The van der Waals surface area contributed by atoms with Gasteiger partial charge in [-0.3, -0.25) is 9.59 Å². The summed E-state index contributed by atoms with van der Waals surface area (Å²) in [7, 11) is -3.55. The summed E-state index contributed by atoms with van der Waals surface area (Å²) in [4.78, 5) is 25.0. The molecule has 0 fully saturated rings. The number of benzene rings is 3. The molecule has 3 aromatic carbocycles. The fourth-order valence-electron chi connectivity index (χ4n) is 3.49. The zero-order valence-electron chi connectivity index (χ0n) is 20.0. The minimum atomic E-state index is -3.55. The van der Waals surface area contributed by atoms with Crippen LogP contribution in [0.25, 0.3) is 0 Å². The van der Waals surface area contributed by atoms with E-state index in [-0.39, 0.29) is 23.3 Å². The molecule has 9 heteroatoms. The molecule has 8 nitrogen and oxygen atoms in total. The number of sulfonamides is 1. The first kappa shape index (κ1) is 25.9. The number of carbonyl (C=O) groups is 2. The summed E-state index contributed by atoms with van der Waals surface area (Å²) < 4.78 is 26.6. The Morgan fingerprint density at radius 2 is 1.46 bits per heavy atom. The quantitative estimate of drug-likeness (QED) is 0.389. The van der Waals surface area contributed by atoms with Crippen LogP contribution in [0, 0.1) is 6.92 Å². The van der Waals surface area contributed by atoms with Crippen LogP contribution in [0.15, 0.2) is 77.7 Å². The molecule has 3 N–H and O–H groups in total. The van der Waals surface area contributed by atoms with Gasteiger partial charge < -0.3 is 16.0 Å². The number of amides is 2. The van der Waals surface area contributed by atoms with E-state index in [0.717, 1.165) is 5.56 Å². The Balaban J connectivity index is 1.59. The van der Waals surface area contributed by atoms with Crippen LogP contribution in [0.4, 0.5) is 17.1 Å². The smallest absolute Gasteiger partial charge is 0.255 e. The predicted molar refractivity (Wildman–Crippen MR) is 139 cm³/mol. The third kappa shape index (κ3) is 6.68. The average Bonchev–Trinajstić information content (AvgIpc) is 2.85. The minimum Gasteiger partial charge on any atom is -0.376 e. The summed E-state index contributed by atoms with van der Waals surface area (Å²) in [5, 5.41) is 8.70. The van der Waals surface area contributed by atoms with Crippen molar-refractivity contribution < 1.29 is 18.0 Å². The molecule has 0 aromatic heterocycles. The first-order valence-electron chi connectivity index (χ1n) is 11.4. The van der Waals surface area contributed by atoms with Crippen LogP contribution < -0.4 is 16.0 Å². The van der Waals surface area contributed by atoms with Crippen LogP contribution >= 0.6 is 0 Å². The fraction of sp³-hybridized carbons (Fsp3) is 0.231. The van der Waals surface area contributed by atoms with Crippen molar-refractivity contribution in [1.82, 2.24) is 4.31 Å². The van der Waals surface area contributed by atoms with Gasteiger partial charge in [-0.15, -0.1) is 0 Å². The van der Waals surface area contributed by atoms with Gasteiger partial charge in [-0.1, -0.05) is 38.1 Å². The Hall–Kier alpha value is -3.69. The van der Waals surface area contributed by atoms with Gasteiger partial charge in [0.1, 0.15) is 0 Å². The van der Waals surface area contributed by atoms with E-state index in [1.807, 2.05) is 19.1 Å². The van der Waals surface area contributed by atoms with Crippen LogP contribution in [0.5, 0.6) is 0 Å². The van der Waals surface area contributed by atoms with E-state index in [2.05, 4.69) is 16.0 Å². The molecule has 184 valence electrons. The van der Waals surface area contributed by atoms with E-state index in [1.165, 1.54) is 16.4 Å². The van der Waals surface area contributed by atoms with Crippen LogP contribution in [0.3, 0.4) is 0 Å². The molecule has 0 aliphatic rings.